The Labute approximate surface area is 193 Å². The summed E-state index contributed by atoms with van der Waals surface area (Å²) in [5, 5.41) is 47.8. The Bertz CT molecular complexity index is 1390. The summed E-state index contributed by atoms with van der Waals surface area (Å²) in [6.07, 6.45) is 1.76. The lowest BCUT2D eigenvalue weighted by Crippen LogP contribution is -2.68. The summed E-state index contributed by atoms with van der Waals surface area (Å²) in [5.74, 6) is -6.92. The van der Waals surface area contributed by atoms with Crippen LogP contribution in [0.25, 0.3) is 10.9 Å². The number of amides is 1. The molecule has 0 aliphatic heterocycles. The summed E-state index contributed by atoms with van der Waals surface area (Å²) >= 11 is 0. The van der Waals surface area contributed by atoms with Crippen LogP contribution in [-0.2, 0) is 16.0 Å². The number of aromatic hydroxyl groups is 1. The second-order valence-electron chi connectivity index (χ2n) is 9.24. The second-order valence-corrected chi connectivity index (χ2v) is 9.24. The first-order chi connectivity index (χ1) is 16.0. The zero-order valence-electron chi connectivity index (χ0n) is 18.4. The summed E-state index contributed by atoms with van der Waals surface area (Å²) in [6.45, 7) is 1.48. The first kappa shape index (κ1) is 22.1. The molecule has 10 heteroatoms. The molecule has 1 heterocycles. The van der Waals surface area contributed by atoms with Gasteiger partial charge in [-0.25, -0.2) is 0 Å². The van der Waals surface area contributed by atoms with Crippen LogP contribution in [-0.4, -0.2) is 61.1 Å². The number of nitrogens with one attached hydrogen (secondary N) is 1. The molecular weight excluding hydrogens is 442 g/mol. The largest absolute Gasteiger partial charge is 0.509 e. The summed E-state index contributed by atoms with van der Waals surface area (Å²) in [5.41, 5.74) is 1.03. The summed E-state index contributed by atoms with van der Waals surface area (Å²) < 4.78 is 0. The Kier molecular flexibility index (Phi) is 4.46. The molecule has 1 unspecified atom stereocenters. The van der Waals surface area contributed by atoms with Crippen LogP contribution in [0.5, 0.6) is 5.75 Å². The predicted octanol–water partition coefficient (Wildman–Crippen LogP) is 0.717. The third-order valence-corrected chi connectivity index (χ3v) is 7.71. The van der Waals surface area contributed by atoms with Crippen LogP contribution in [0.4, 0.5) is 0 Å². The van der Waals surface area contributed by atoms with Gasteiger partial charge in [-0.05, 0) is 50.4 Å². The fraction of sp³-hybridized carbons (Fsp3) is 0.333. The van der Waals surface area contributed by atoms with Gasteiger partial charge in [0.15, 0.2) is 11.4 Å². The molecule has 5 rings (SSSR count). The summed E-state index contributed by atoms with van der Waals surface area (Å²) in [6, 6.07) is 4.85. The Morgan fingerprint density at radius 1 is 1.24 bits per heavy atom. The standard InChI is InChI=1S/C24H23N3O7/c1-23(26-2)13-8-10-6-11-15(12(28)7-9-4-3-5-27-17(9)11)18(29)14(10)20(31)24(13,34)21(32)16(19(23)30)22(25)33/h3-5,7,10,13,26,28,30-31,34H,6,8H2,1-2H3,(H2,25,33)/t10-,13-,23?,24-/m0/s1. The van der Waals surface area contributed by atoms with Crippen molar-refractivity contribution in [2.24, 2.45) is 17.6 Å². The molecule has 0 saturated carbocycles. The SMILES string of the molecule is CNC1(C)C(O)=C(C(N)=O)C(=O)[C@@]2(O)C(O)=C3C(=O)c4c(O)cc5cccnc5c4C[C@H]3C[C@@H]12. The topological polar surface area (TPSA) is 183 Å². The number of Topliss-reactive ketones (excluding diaryl/α,β-unsaturated/α-hetero) is 2. The van der Waals surface area contributed by atoms with Gasteiger partial charge in [0.1, 0.15) is 22.8 Å². The molecule has 34 heavy (non-hydrogen) atoms. The maximum atomic E-state index is 13.6. The summed E-state index contributed by atoms with van der Waals surface area (Å²) in [7, 11) is 1.47. The van der Waals surface area contributed by atoms with Crippen LogP contribution in [0.15, 0.2) is 47.1 Å². The maximum absolute atomic E-state index is 13.6. The van der Waals surface area contributed by atoms with E-state index in [1.807, 2.05) is 0 Å². The number of fused-ring (bicyclic) bond motifs is 5. The lowest BCUT2D eigenvalue weighted by atomic mass is 9.55. The third-order valence-electron chi connectivity index (χ3n) is 7.71. The van der Waals surface area contributed by atoms with Crippen LogP contribution in [0.3, 0.4) is 0 Å². The van der Waals surface area contributed by atoms with E-state index in [1.165, 1.54) is 20.0 Å². The maximum Gasteiger partial charge on any atom is 0.255 e. The lowest BCUT2D eigenvalue weighted by Gasteiger charge is -2.53. The number of nitrogens with zero attached hydrogens (tertiary/aromatic N) is 1. The number of hydrogen-bond donors (Lipinski definition) is 6. The van der Waals surface area contributed by atoms with E-state index < -0.39 is 57.5 Å². The molecule has 0 fully saturated rings. The number of aromatic nitrogens is 1. The van der Waals surface area contributed by atoms with Crippen LogP contribution in [0, 0.1) is 11.8 Å². The lowest BCUT2D eigenvalue weighted by molar-refractivity contribution is -0.150. The molecule has 0 spiro atoms. The average Bonchev–Trinajstić information content (AvgIpc) is 2.79. The number of allylic oxidation sites excluding steroid dienone is 1. The number of nitrogens with two attached hydrogens (primary N) is 1. The van der Waals surface area contributed by atoms with E-state index in [4.69, 9.17) is 5.73 Å². The van der Waals surface area contributed by atoms with Crippen molar-refractivity contribution in [1.82, 2.24) is 10.3 Å². The average molecular weight is 465 g/mol. The van der Waals surface area contributed by atoms with Gasteiger partial charge in [0, 0.05) is 23.1 Å². The fourth-order valence-corrected chi connectivity index (χ4v) is 5.89. The van der Waals surface area contributed by atoms with Gasteiger partial charge in [-0.2, -0.15) is 0 Å². The van der Waals surface area contributed by atoms with Gasteiger partial charge < -0.3 is 31.5 Å². The molecule has 0 radical (unpaired) electrons. The van der Waals surface area contributed by atoms with Gasteiger partial charge in [-0.3, -0.25) is 19.4 Å². The molecule has 3 aliphatic carbocycles. The Morgan fingerprint density at radius 2 is 1.94 bits per heavy atom. The van der Waals surface area contributed by atoms with Crippen molar-refractivity contribution >= 4 is 28.4 Å². The molecule has 176 valence electrons. The number of phenols is 1. The number of phenolic OH excluding ortho intramolecular Hbond substituents is 1. The highest BCUT2D eigenvalue weighted by Crippen LogP contribution is 2.54. The third kappa shape index (κ3) is 2.46. The van der Waals surface area contributed by atoms with Crippen molar-refractivity contribution in [3.63, 3.8) is 0 Å². The molecule has 7 N–H and O–H groups in total. The molecule has 1 aromatic carbocycles. The minimum atomic E-state index is -2.68. The molecule has 10 nitrogen and oxygen atoms in total. The second kappa shape index (κ2) is 6.87. The van der Waals surface area contributed by atoms with Crippen molar-refractivity contribution in [2.45, 2.75) is 30.9 Å². The Hall–Kier alpha value is -3.76. The monoisotopic (exact) mass is 465 g/mol. The highest BCUT2D eigenvalue weighted by Gasteiger charge is 2.66. The van der Waals surface area contributed by atoms with E-state index in [-0.39, 0.29) is 29.7 Å². The molecule has 0 bridgehead atoms. The first-order valence-electron chi connectivity index (χ1n) is 10.8. The van der Waals surface area contributed by atoms with Crippen molar-refractivity contribution in [2.75, 3.05) is 7.05 Å². The summed E-state index contributed by atoms with van der Waals surface area (Å²) in [4.78, 5) is 43.2. The number of primary amides is 1. The molecule has 3 aliphatic rings. The Balaban J connectivity index is 1.78. The van der Waals surface area contributed by atoms with Crippen molar-refractivity contribution in [3.05, 3.63) is 58.2 Å². The van der Waals surface area contributed by atoms with Gasteiger partial charge in [-0.15, -0.1) is 0 Å². The van der Waals surface area contributed by atoms with Gasteiger partial charge in [-0.1, -0.05) is 6.07 Å². The van der Waals surface area contributed by atoms with Crippen molar-refractivity contribution < 1.29 is 34.8 Å². The quantitative estimate of drug-likeness (QED) is 0.348. The number of benzene rings is 1. The van der Waals surface area contributed by atoms with Gasteiger partial charge in [0.2, 0.25) is 5.78 Å². The van der Waals surface area contributed by atoms with Gasteiger partial charge in [0.05, 0.1) is 16.6 Å². The van der Waals surface area contributed by atoms with Crippen molar-refractivity contribution in [3.8, 4) is 5.75 Å². The number of ketones is 2. The van der Waals surface area contributed by atoms with E-state index in [0.29, 0.717) is 16.5 Å². The van der Waals surface area contributed by atoms with Crippen LogP contribution in [0.2, 0.25) is 0 Å². The fourth-order valence-electron chi connectivity index (χ4n) is 5.89. The predicted molar refractivity (Wildman–Crippen MR) is 119 cm³/mol. The number of aliphatic hydroxyl groups excluding tert-OH is 2. The zero-order valence-corrected chi connectivity index (χ0v) is 18.4. The van der Waals surface area contributed by atoms with E-state index in [9.17, 15) is 34.8 Å². The number of hydrogen-bond acceptors (Lipinski definition) is 9. The molecule has 1 aromatic heterocycles. The van der Waals surface area contributed by atoms with Gasteiger partial charge >= 0.3 is 0 Å². The zero-order chi connectivity index (χ0) is 24.7. The smallest absolute Gasteiger partial charge is 0.255 e. The highest BCUT2D eigenvalue weighted by molar-refractivity contribution is 6.25. The van der Waals surface area contributed by atoms with E-state index >= 15 is 0 Å². The minimum Gasteiger partial charge on any atom is -0.509 e. The molecule has 2 aromatic rings. The number of aliphatic hydroxyl groups is 3. The molecule has 4 atom stereocenters. The number of carbonyl (C=O) groups is 3. The van der Waals surface area contributed by atoms with E-state index in [0.717, 1.165) is 0 Å². The molecular formula is C24H23N3O7. The molecule has 1 amide bonds. The number of rotatable bonds is 2. The first-order valence-corrected chi connectivity index (χ1v) is 10.8. The number of carbonyl (C=O) groups excluding carboxylic acids is 3. The normalized spacial score (nSPS) is 30.8. The van der Waals surface area contributed by atoms with Gasteiger partial charge in [0.25, 0.3) is 5.91 Å². The minimum absolute atomic E-state index is 0.00420. The van der Waals surface area contributed by atoms with E-state index in [1.54, 1.807) is 18.3 Å². The number of pyridine rings is 1. The van der Waals surface area contributed by atoms with E-state index in [2.05, 4.69) is 10.3 Å². The van der Waals surface area contributed by atoms with Crippen LogP contribution in [0.1, 0.15) is 29.3 Å². The number of likely N-dealkylation sites (N-methyl/N-ethyl adjacent to an activating group) is 1. The highest BCUT2D eigenvalue weighted by atomic mass is 16.3. The molecule has 0 saturated heterocycles. The Morgan fingerprint density at radius 3 is 2.59 bits per heavy atom. The van der Waals surface area contributed by atoms with Crippen molar-refractivity contribution in [1.29, 1.82) is 0 Å². The van der Waals surface area contributed by atoms with Crippen LogP contribution < -0.4 is 11.1 Å². The van der Waals surface area contributed by atoms with Crippen LogP contribution >= 0.6 is 0 Å².